The lowest BCUT2D eigenvalue weighted by Crippen LogP contribution is -2.10. The average molecular weight is 494 g/mol. The first-order chi connectivity index (χ1) is 16.5. The molecule has 10 heteroatoms. The number of aromatic nitrogens is 3. The Morgan fingerprint density at radius 2 is 1.82 bits per heavy atom. The van der Waals surface area contributed by atoms with Crippen LogP contribution in [0.3, 0.4) is 0 Å². The fourth-order valence-electron chi connectivity index (χ4n) is 3.19. The Morgan fingerprint density at radius 1 is 1.06 bits per heavy atom. The molecule has 1 heterocycles. The second-order valence-electron chi connectivity index (χ2n) is 7.44. The number of para-hydroxylation sites is 1. The average Bonchev–Trinajstić information content (AvgIpc) is 3.21. The van der Waals surface area contributed by atoms with Gasteiger partial charge in [-0.15, -0.1) is 10.2 Å². The fourth-order valence-corrected chi connectivity index (χ4v) is 4.07. The van der Waals surface area contributed by atoms with Gasteiger partial charge in [0.1, 0.15) is 12.4 Å². The van der Waals surface area contributed by atoms with E-state index in [-0.39, 0.29) is 29.6 Å². The van der Waals surface area contributed by atoms with Crippen molar-refractivity contribution < 1.29 is 27.4 Å². The number of thioether (sulfide) groups is 1. The summed E-state index contributed by atoms with van der Waals surface area (Å²) in [7, 11) is 0. The molecule has 0 unspecified atom stereocenters. The summed E-state index contributed by atoms with van der Waals surface area (Å²) in [5.74, 6) is 0.122. The molecule has 6 nitrogen and oxygen atoms in total. The Balaban J connectivity index is 1.65. The predicted octanol–water partition coefficient (Wildman–Crippen LogP) is 6.15. The molecular weight excluding hydrogens is 467 g/mol. The number of alkyl halides is 2. The number of halogens is 3. The molecule has 0 aliphatic carbocycles. The minimum atomic E-state index is -2.92. The van der Waals surface area contributed by atoms with Gasteiger partial charge in [0.15, 0.2) is 28.3 Å². The van der Waals surface area contributed by atoms with Crippen molar-refractivity contribution in [3.05, 3.63) is 65.7 Å². The molecule has 0 saturated heterocycles. The van der Waals surface area contributed by atoms with Gasteiger partial charge in [0.05, 0.1) is 5.75 Å². The van der Waals surface area contributed by atoms with Crippen molar-refractivity contribution in [1.29, 1.82) is 0 Å². The number of unbranched alkanes of at least 4 members (excludes halogenated alkanes) is 3. The second-order valence-corrected chi connectivity index (χ2v) is 8.39. The van der Waals surface area contributed by atoms with Gasteiger partial charge < -0.3 is 14.0 Å². The van der Waals surface area contributed by atoms with Crippen LogP contribution < -0.4 is 9.47 Å². The third kappa shape index (κ3) is 7.51. The van der Waals surface area contributed by atoms with E-state index in [2.05, 4.69) is 21.9 Å². The van der Waals surface area contributed by atoms with Crippen LogP contribution in [0.4, 0.5) is 13.2 Å². The molecule has 0 saturated carbocycles. The molecule has 0 amide bonds. The van der Waals surface area contributed by atoms with Crippen LogP contribution in [-0.2, 0) is 13.2 Å². The minimum Gasteiger partial charge on any atom is -0.483 e. The van der Waals surface area contributed by atoms with Crippen molar-refractivity contribution in [3.63, 3.8) is 0 Å². The number of ether oxygens (including phenoxy) is 2. The summed E-state index contributed by atoms with van der Waals surface area (Å²) >= 11 is 1.23. The molecule has 0 radical (unpaired) electrons. The number of rotatable bonds is 14. The number of hydrogen-bond acceptors (Lipinski definition) is 6. The number of Topliss-reactive ketones (excluding diaryl/α,β-unsaturated/α-hetero) is 1. The maximum absolute atomic E-state index is 13.9. The fraction of sp³-hybridized carbons (Fsp3) is 0.375. The van der Waals surface area contributed by atoms with Crippen molar-refractivity contribution >= 4 is 17.5 Å². The van der Waals surface area contributed by atoms with Crippen LogP contribution in [0.5, 0.6) is 11.5 Å². The summed E-state index contributed by atoms with van der Waals surface area (Å²) in [6.07, 6.45) is 4.15. The number of nitrogens with zero attached hydrogens (tertiary/aromatic N) is 3. The molecule has 0 fully saturated rings. The number of carbonyl (C=O) groups excluding carboxylic acids is 1. The lowest BCUT2D eigenvalue weighted by molar-refractivity contribution is -0.0498. The van der Waals surface area contributed by atoms with Crippen LogP contribution in [0.25, 0.3) is 0 Å². The van der Waals surface area contributed by atoms with Crippen LogP contribution >= 0.6 is 11.8 Å². The molecule has 0 bridgehead atoms. The highest BCUT2D eigenvalue weighted by Gasteiger charge is 2.16. The summed E-state index contributed by atoms with van der Waals surface area (Å²) < 4.78 is 50.3. The molecule has 0 N–H and O–H groups in total. The summed E-state index contributed by atoms with van der Waals surface area (Å²) in [5.41, 5.74) is 0.381. The Bertz CT molecular complexity index is 1060. The lowest BCUT2D eigenvalue weighted by atomic mass is 10.1. The molecule has 1 aromatic heterocycles. The molecule has 0 atom stereocenters. The largest absolute Gasteiger partial charge is 0.483 e. The summed E-state index contributed by atoms with van der Waals surface area (Å²) in [5, 5.41) is 8.97. The van der Waals surface area contributed by atoms with E-state index in [4.69, 9.17) is 4.74 Å². The molecule has 3 aromatic rings. The van der Waals surface area contributed by atoms with Crippen LogP contribution in [-0.4, -0.2) is 32.9 Å². The highest BCUT2D eigenvalue weighted by molar-refractivity contribution is 7.99. The first-order valence-corrected chi connectivity index (χ1v) is 12.0. The second kappa shape index (κ2) is 13.0. The van der Waals surface area contributed by atoms with E-state index in [0.29, 0.717) is 23.1 Å². The van der Waals surface area contributed by atoms with E-state index in [0.717, 1.165) is 25.7 Å². The third-order valence-corrected chi connectivity index (χ3v) is 5.92. The zero-order chi connectivity index (χ0) is 24.3. The standard InChI is InChI=1S/C24H26F3N3O3S/c1-2-3-4-7-14-30-22(15-32-21-9-6-5-8-19(21)25)28-29-24(30)34-16-20(31)17-10-12-18(13-11-17)33-23(26)27/h5-6,8-13,23H,2-4,7,14-16H2,1H3. The third-order valence-electron chi connectivity index (χ3n) is 4.96. The minimum absolute atomic E-state index is 0.00878. The van der Waals surface area contributed by atoms with E-state index < -0.39 is 12.4 Å². The maximum Gasteiger partial charge on any atom is 0.387 e. The SMILES string of the molecule is CCCCCCn1c(COc2ccccc2F)nnc1SCC(=O)c1ccc(OC(F)F)cc1. The number of hydrogen-bond donors (Lipinski definition) is 0. The number of ketones is 1. The van der Waals surface area contributed by atoms with Gasteiger partial charge in [0.2, 0.25) is 0 Å². The highest BCUT2D eigenvalue weighted by Crippen LogP contribution is 2.23. The number of carbonyl (C=O) groups is 1. The zero-order valence-corrected chi connectivity index (χ0v) is 19.6. The van der Waals surface area contributed by atoms with E-state index in [1.165, 1.54) is 42.1 Å². The van der Waals surface area contributed by atoms with Crippen LogP contribution in [0, 0.1) is 5.82 Å². The normalized spacial score (nSPS) is 11.1. The van der Waals surface area contributed by atoms with E-state index >= 15 is 0 Å². The van der Waals surface area contributed by atoms with Crippen LogP contribution in [0.2, 0.25) is 0 Å². The van der Waals surface area contributed by atoms with Crippen molar-refractivity contribution in [3.8, 4) is 11.5 Å². The van der Waals surface area contributed by atoms with E-state index in [1.54, 1.807) is 18.2 Å². The van der Waals surface area contributed by atoms with Crippen molar-refractivity contribution in [2.75, 3.05) is 5.75 Å². The Labute approximate surface area is 200 Å². The first-order valence-electron chi connectivity index (χ1n) is 11.0. The van der Waals surface area contributed by atoms with E-state index in [1.807, 2.05) is 4.57 Å². The van der Waals surface area contributed by atoms with Gasteiger partial charge in [-0.25, -0.2) is 4.39 Å². The summed E-state index contributed by atoms with van der Waals surface area (Å²) in [4.78, 5) is 12.6. The van der Waals surface area contributed by atoms with Gasteiger partial charge in [0, 0.05) is 12.1 Å². The van der Waals surface area contributed by atoms with Crippen molar-refractivity contribution in [2.45, 2.75) is 57.5 Å². The molecule has 182 valence electrons. The first kappa shape index (κ1) is 25.6. The monoisotopic (exact) mass is 493 g/mol. The van der Waals surface area contributed by atoms with Crippen molar-refractivity contribution in [1.82, 2.24) is 14.8 Å². The Hall–Kier alpha value is -3.01. The molecule has 34 heavy (non-hydrogen) atoms. The van der Waals surface area contributed by atoms with Crippen LogP contribution in [0.15, 0.2) is 53.7 Å². The van der Waals surface area contributed by atoms with Gasteiger partial charge in [-0.1, -0.05) is 50.1 Å². The lowest BCUT2D eigenvalue weighted by Gasteiger charge is -2.11. The van der Waals surface area contributed by atoms with Crippen molar-refractivity contribution in [2.24, 2.45) is 0 Å². The zero-order valence-electron chi connectivity index (χ0n) is 18.8. The van der Waals surface area contributed by atoms with Gasteiger partial charge in [-0.05, 0) is 42.8 Å². The molecule has 2 aromatic carbocycles. The molecule has 0 aliphatic rings. The summed E-state index contributed by atoms with van der Waals surface area (Å²) in [6, 6.07) is 11.7. The molecular formula is C24H26F3N3O3S. The highest BCUT2D eigenvalue weighted by atomic mass is 32.2. The Morgan fingerprint density at radius 3 is 2.53 bits per heavy atom. The van der Waals surface area contributed by atoms with Gasteiger partial charge in [-0.3, -0.25) is 4.79 Å². The van der Waals surface area contributed by atoms with Gasteiger partial charge in [0.25, 0.3) is 0 Å². The molecule has 0 aliphatic heterocycles. The van der Waals surface area contributed by atoms with E-state index in [9.17, 15) is 18.0 Å². The number of benzene rings is 2. The Kier molecular flexibility index (Phi) is 9.81. The summed E-state index contributed by atoms with van der Waals surface area (Å²) in [6.45, 7) is -0.0933. The van der Waals surface area contributed by atoms with Crippen LogP contribution in [0.1, 0.15) is 48.8 Å². The smallest absolute Gasteiger partial charge is 0.387 e. The van der Waals surface area contributed by atoms with Gasteiger partial charge >= 0.3 is 6.61 Å². The molecule has 0 spiro atoms. The maximum atomic E-state index is 13.9. The predicted molar refractivity (Wildman–Crippen MR) is 123 cm³/mol. The topological polar surface area (TPSA) is 66.2 Å². The quantitative estimate of drug-likeness (QED) is 0.152. The molecule has 3 rings (SSSR count). The van der Waals surface area contributed by atoms with Gasteiger partial charge in [-0.2, -0.15) is 8.78 Å².